The maximum atomic E-state index is 6.32. The summed E-state index contributed by atoms with van der Waals surface area (Å²) in [6, 6.07) is 0. The number of ether oxygens (including phenoxy) is 2. The first kappa shape index (κ1) is 18.7. The molecule has 0 unspecified atom stereocenters. The molecule has 3 N–H and O–H groups in total. The molecule has 1 aliphatic heterocycles. The molecule has 0 bridgehead atoms. The van der Waals surface area contributed by atoms with E-state index in [4.69, 9.17) is 15.2 Å². The number of hydrogen-bond acceptors (Lipinski definition) is 9. The van der Waals surface area contributed by atoms with Crippen LogP contribution >= 0.6 is 0 Å². The number of nitrogens with two attached hydrogens (primary N) is 1. The highest BCUT2D eigenvalue weighted by atomic mass is 16.5. The first-order valence-electron chi connectivity index (χ1n) is 8.19. The first-order chi connectivity index (χ1) is 11.7. The Bertz CT molecular complexity index is 487. The van der Waals surface area contributed by atoms with Crippen LogP contribution in [-0.2, 0) is 9.47 Å². The monoisotopic (exact) mass is 339 g/mol. The fourth-order valence-electron chi connectivity index (χ4n) is 2.52. The van der Waals surface area contributed by atoms with Crippen molar-refractivity contribution in [3.05, 3.63) is 6.33 Å². The number of nitrogens with zero attached hydrogens (tertiary/aromatic N) is 5. The fourth-order valence-corrected chi connectivity index (χ4v) is 2.52. The summed E-state index contributed by atoms with van der Waals surface area (Å²) in [5.41, 5.74) is 10.2. The molecule has 24 heavy (non-hydrogen) atoms. The van der Waals surface area contributed by atoms with Crippen molar-refractivity contribution in [1.82, 2.24) is 19.9 Å². The second kappa shape index (κ2) is 9.58. The van der Waals surface area contributed by atoms with Gasteiger partial charge in [0.1, 0.15) is 12.0 Å². The van der Waals surface area contributed by atoms with E-state index >= 15 is 0 Å². The van der Waals surface area contributed by atoms with Gasteiger partial charge in [0.05, 0.1) is 13.2 Å². The molecule has 1 aromatic heterocycles. The Hall–Kier alpha value is -1.68. The lowest BCUT2D eigenvalue weighted by molar-refractivity contribution is 0.178. The molecule has 1 saturated heterocycles. The normalized spacial score (nSPS) is 16.3. The third-order valence-corrected chi connectivity index (χ3v) is 4.06. The van der Waals surface area contributed by atoms with E-state index in [1.807, 2.05) is 0 Å². The van der Waals surface area contributed by atoms with Gasteiger partial charge in [0.25, 0.3) is 0 Å². The van der Waals surface area contributed by atoms with Crippen molar-refractivity contribution in [2.24, 2.45) is 0 Å². The van der Waals surface area contributed by atoms with Gasteiger partial charge in [-0.2, -0.15) is 0 Å². The number of methoxy groups -OCH3 is 2. The zero-order chi connectivity index (χ0) is 17.4. The smallest absolute Gasteiger partial charge is 0.169 e. The molecule has 9 heteroatoms. The summed E-state index contributed by atoms with van der Waals surface area (Å²) in [7, 11) is 5.48. The third-order valence-electron chi connectivity index (χ3n) is 4.06. The van der Waals surface area contributed by atoms with Crippen molar-refractivity contribution in [3.8, 4) is 0 Å². The molecule has 0 radical (unpaired) electrons. The summed E-state index contributed by atoms with van der Waals surface area (Å²) in [6.45, 7) is 6.43. The molecule has 0 spiro atoms. The Balaban J connectivity index is 2.09. The van der Waals surface area contributed by atoms with Crippen molar-refractivity contribution in [2.45, 2.75) is 0 Å². The molecule has 0 aromatic carbocycles. The van der Waals surface area contributed by atoms with Gasteiger partial charge in [0.2, 0.25) is 0 Å². The Morgan fingerprint density at radius 1 is 1.12 bits per heavy atom. The lowest BCUT2D eigenvalue weighted by atomic mass is 10.3. The van der Waals surface area contributed by atoms with Crippen LogP contribution < -0.4 is 16.1 Å². The molecule has 1 aromatic rings. The van der Waals surface area contributed by atoms with Gasteiger partial charge in [-0.05, 0) is 7.05 Å². The maximum Gasteiger partial charge on any atom is 0.169 e. The number of anilines is 3. The molecular formula is C15H29N7O2. The molecule has 2 heterocycles. The van der Waals surface area contributed by atoms with E-state index in [0.29, 0.717) is 43.6 Å². The number of nitrogens with one attached hydrogen (secondary N) is 1. The molecule has 1 aliphatic rings. The average Bonchev–Trinajstić information content (AvgIpc) is 2.59. The minimum atomic E-state index is 0.545. The lowest BCUT2D eigenvalue weighted by Crippen LogP contribution is -2.47. The highest BCUT2D eigenvalue weighted by molar-refractivity contribution is 5.74. The predicted molar refractivity (Wildman–Crippen MR) is 95.1 cm³/mol. The molecule has 0 saturated carbocycles. The van der Waals surface area contributed by atoms with Gasteiger partial charge in [-0.15, -0.1) is 0 Å². The van der Waals surface area contributed by atoms with Crippen LogP contribution in [0.5, 0.6) is 0 Å². The van der Waals surface area contributed by atoms with Gasteiger partial charge in [-0.25, -0.2) is 15.0 Å². The zero-order valence-electron chi connectivity index (χ0n) is 14.9. The Morgan fingerprint density at radius 3 is 2.33 bits per heavy atom. The molecule has 2 rings (SSSR count). The van der Waals surface area contributed by atoms with Gasteiger partial charge in [0, 0.05) is 53.5 Å². The van der Waals surface area contributed by atoms with Crippen LogP contribution in [0, 0.1) is 0 Å². The van der Waals surface area contributed by atoms with Crippen LogP contribution in [0.1, 0.15) is 0 Å². The van der Waals surface area contributed by atoms with Crippen LogP contribution in [0.4, 0.5) is 17.3 Å². The number of nitrogen functional groups attached to an aromatic ring is 1. The number of likely N-dealkylation sites (N-methyl/N-ethyl adjacent to an activating group) is 1. The molecule has 0 aliphatic carbocycles. The standard InChI is InChI=1S/C15H29N7O2/c1-20-4-6-22(7-5-20)19-14-13(16)15(18-12-17-14)21(8-10-23-2)9-11-24-3/h12H,4-11,16H2,1-3H3,(H,17,18,19). The lowest BCUT2D eigenvalue weighted by Gasteiger charge is -2.33. The highest BCUT2D eigenvalue weighted by Crippen LogP contribution is 2.26. The largest absolute Gasteiger partial charge is 0.393 e. The highest BCUT2D eigenvalue weighted by Gasteiger charge is 2.18. The minimum absolute atomic E-state index is 0.545. The second-order valence-electron chi connectivity index (χ2n) is 5.83. The second-order valence-corrected chi connectivity index (χ2v) is 5.83. The summed E-state index contributed by atoms with van der Waals surface area (Å²) >= 11 is 0. The Morgan fingerprint density at radius 2 is 1.75 bits per heavy atom. The van der Waals surface area contributed by atoms with Crippen LogP contribution in [0.3, 0.4) is 0 Å². The summed E-state index contributed by atoms with van der Waals surface area (Å²) < 4.78 is 10.4. The first-order valence-corrected chi connectivity index (χ1v) is 8.19. The molecule has 136 valence electrons. The Kier molecular flexibility index (Phi) is 7.44. The Labute approximate surface area is 143 Å². The van der Waals surface area contributed by atoms with Crippen molar-refractivity contribution >= 4 is 17.3 Å². The number of hydrazine groups is 1. The third kappa shape index (κ3) is 5.17. The van der Waals surface area contributed by atoms with Crippen molar-refractivity contribution < 1.29 is 9.47 Å². The molecule has 1 fully saturated rings. The van der Waals surface area contributed by atoms with Crippen LogP contribution in [0.25, 0.3) is 0 Å². The number of aromatic nitrogens is 2. The van der Waals surface area contributed by atoms with Gasteiger partial charge in [0.15, 0.2) is 11.6 Å². The summed E-state index contributed by atoms with van der Waals surface area (Å²) in [5.74, 6) is 1.35. The SMILES string of the molecule is COCCN(CCOC)c1ncnc(NN2CCN(C)CC2)c1N. The number of hydrogen-bond donors (Lipinski definition) is 2. The van der Waals surface area contributed by atoms with E-state index in [2.05, 4.69) is 37.3 Å². The minimum Gasteiger partial charge on any atom is -0.393 e. The van der Waals surface area contributed by atoms with E-state index in [1.54, 1.807) is 14.2 Å². The zero-order valence-corrected chi connectivity index (χ0v) is 14.9. The van der Waals surface area contributed by atoms with E-state index < -0.39 is 0 Å². The summed E-state index contributed by atoms with van der Waals surface area (Å²) in [6.07, 6.45) is 1.54. The average molecular weight is 339 g/mol. The number of rotatable bonds is 9. The van der Waals surface area contributed by atoms with Crippen LogP contribution in [0.2, 0.25) is 0 Å². The van der Waals surface area contributed by atoms with E-state index in [1.165, 1.54) is 6.33 Å². The molecule has 0 amide bonds. The molecule has 0 atom stereocenters. The van der Waals surface area contributed by atoms with Crippen molar-refractivity contribution in [1.29, 1.82) is 0 Å². The quantitative estimate of drug-likeness (QED) is 0.631. The van der Waals surface area contributed by atoms with Gasteiger partial charge < -0.3 is 30.4 Å². The summed E-state index contributed by atoms with van der Waals surface area (Å²) in [5, 5.41) is 2.14. The maximum absolute atomic E-state index is 6.32. The van der Waals surface area contributed by atoms with E-state index in [-0.39, 0.29) is 0 Å². The van der Waals surface area contributed by atoms with E-state index in [0.717, 1.165) is 26.2 Å². The predicted octanol–water partition coefficient (Wildman–Crippen LogP) is -0.268. The van der Waals surface area contributed by atoms with Crippen LogP contribution in [-0.4, -0.2) is 93.6 Å². The van der Waals surface area contributed by atoms with Crippen molar-refractivity contribution in [2.75, 3.05) is 89.8 Å². The van der Waals surface area contributed by atoms with Gasteiger partial charge in [-0.3, -0.25) is 0 Å². The van der Waals surface area contributed by atoms with Crippen molar-refractivity contribution in [3.63, 3.8) is 0 Å². The molecular weight excluding hydrogens is 310 g/mol. The topological polar surface area (TPSA) is 92.0 Å². The summed E-state index contributed by atoms with van der Waals surface area (Å²) in [4.78, 5) is 13.0. The number of piperazine rings is 1. The molecule has 9 nitrogen and oxygen atoms in total. The van der Waals surface area contributed by atoms with Gasteiger partial charge in [-0.1, -0.05) is 0 Å². The van der Waals surface area contributed by atoms with Gasteiger partial charge >= 0.3 is 0 Å². The van der Waals surface area contributed by atoms with Crippen LogP contribution in [0.15, 0.2) is 6.33 Å². The van der Waals surface area contributed by atoms with E-state index in [9.17, 15) is 0 Å². The fraction of sp³-hybridized carbons (Fsp3) is 0.733.